The number of fused-ring (bicyclic) bond motifs is 1. The van der Waals surface area contributed by atoms with Gasteiger partial charge in [0.2, 0.25) is 0 Å². The molecule has 0 aliphatic carbocycles. The Hall–Kier alpha value is -3.90. The minimum absolute atomic E-state index is 0.0806. The number of hydrogen-bond acceptors (Lipinski definition) is 3. The van der Waals surface area contributed by atoms with E-state index in [1.807, 2.05) is 65.4 Å². The molecule has 0 fully saturated rings. The van der Waals surface area contributed by atoms with E-state index in [1.54, 1.807) is 17.6 Å². The largest absolute Gasteiger partial charge is 0.352 e. The number of hydrogen-bond donors (Lipinski definition) is 3. The standard InChI is InChI=1S/C26H25N3O3/c30-25(28-32)21-14-12-20(13-15-21)17-29-18-23(22-10-4-5-11-24(22)29)26(31)27-16-6-9-19-7-2-1-3-8-19/h1-5,7-8,10-15,18,32H,6,9,16-17H2,(H,27,31)(H,28,30). The fourth-order valence-electron chi connectivity index (χ4n) is 3.82. The van der Waals surface area contributed by atoms with Crippen molar-refractivity contribution in [2.24, 2.45) is 0 Å². The minimum Gasteiger partial charge on any atom is -0.352 e. The number of benzene rings is 3. The smallest absolute Gasteiger partial charge is 0.274 e. The molecule has 162 valence electrons. The normalized spacial score (nSPS) is 10.8. The molecule has 0 bridgehead atoms. The molecule has 3 aromatic carbocycles. The molecule has 0 atom stereocenters. The first-order valence-corrected chi connectivity index (χ1v) is 10.6. The number of rotatable bonds is 8. The highest BCUT2D eigenvalue weighted by Gasteiger charge is 2.15. The number of hydroxylamine groups is 1. The van der Waals surface area contributed by atoms with Gasteiger partial charge < -0.3 is 9.88 Å². The van der Waals surface area contributed by atoms with Gasteiger partial charge in [0.1, 0.15) is 0 Å². The van der Waals surface area contributed by atoms with Gasteiger partial charge in [-0.15, -0.1) is 0 Å². The highest BCUT2D eigenvalue weighted by molar-refractivity contribution is 6.07. The molecule has 6 heteroatoms. The lowest BCUT2D eigenvalue weighted by Gasteiger charge is -2.06. The number of nitrogens with one attached hydrogen (secondary N) is 2. The van der Waals surface area contributed by atoms with Crippen molar-refractivity contribution >= 4 is 22.7 Å². The summed E-state index contributed by atoms with van der Waals surface area (Å²) in [5, 5.41) is 12.7. The van der Waals surface area contributed by atoms with Gasteiger partial charge in [-0.05, 0) is 42.2 Å². The predicted molar refractivity (Wildman–Crippen MR) is 124 cm³/mol. The van der Waals surface area contributed by atoms with Gasteiger partial charge in [0.15, 0.2) is 0 Å². The molecule has 4 aromatic rings. The van der Waals surface area contributed by atoms with Crippen LogP contribution in [0.4, 0.5) is 0 Å². The summed E-state index contributed by atoms with van der Waals surface area (Å²) >= 11 is 0. The number of aromatic nitrogens is 1. The van der Waals surface area contributed by atoms with Crippen LogP contribution in [-0.2, 0) is 13.0 Å². The van der Waals surface area contributed by atoms with E-state index in [0.717, 1.165) is 29.3 Å². The van der Waals surface area contributed by atoms with Crippen LogP contribution in [0.5, 0.6) is 0 Å². The molecule has 0 aliphatic heterocycles. The van der Waals surface area contributed by atoms with Gasteiger partial charge in [-0.25, -0.2) is 5.48 Å². The Morgan fingerprint density at radius 2 is 1.53 bits per heavy atom. The quantitative estimate of drug-likeness (QED) is 0.224. The van der Waals surface area contributed by atoms with E-state index >= 15 is 0 Å². The van der Waals surface area contributed by atoms with Crippen molar-refractivity contribution in [1.82, 2.24) is 15.4 Å². The van der Waals surface area contributed by atoms with E-state index in [-0.39, 0.29) is 5.91 Å². The van der Waals surface area contributed by atoms with Gasteiger partial charge in [-0.1, -0.05) is 60.7 Å². The molecule has 0 unspecified atom stereocenters. The van der Waals surface area contributed by atoms with Crippen molar-refractivity contribution in [2.45, 2.75) is 19.4 Å². The molecule has 3 N–H and O–H groups in total. The van der Waals surface area contributed by atoms with Crippen LogP contribution >= 0.6 is 0 Å². The highest BCUT2D eigenvalue weighted by atomic mass is 16.5. The SMILES string of the molecule is O=C(NO)c1ccc(Cn2cc(C(=O)NCCCc3ccccc3)c3ccccc32)cc1. The van der Waals surface area contributed by atoms with Crippen molar-refractivity contribution < 1.29 is 14.8 Å². The van der Waals surface area contributed by atoms with Gasteiger partial charge >= 0.3 is 0 Å². The fourth-order valence-corrected chi connectivity index (χ4v) is 3.82. The zero-order valence-electron chi connectivity index (χ0n) is 17.6. The minimum atomic E-state index is -0.547. The molecule has 0 radical (unpaired) electrons. The van der Waals surface area contributed by atoms with Crippen LogP contribution in [0.3, 0.4) is 0 Å². The van der Waals surface area contributed by atoms with Crippen LogP contribution in [0, 0.1) is 0 Å². The van der Waals surface area contributed by atoms with Gasteiger partial charge in [-0.2, -0.15) is 0 Å². The Bertz CT molecular complexity index is 1210. The fraction of sp³-hybridized carbons (Fsp3) is 0.154. The van der Waals surface area contributed by atoms with Gasteiger partial charge in [-0.3, -0.25) is 14.8 Å². The summed E-state index contributed by atoms with van der Waals surface area (Å²) in [7, 11) is 0. The first kappa shape index (κ1) is 21.3. The molecule has 6 nitrogen and oxygen atoms in total. The van der Waals surface area contributed by atoms with Crippen molar-refractivity contribution in [1.29, 1.82) is 0 Å². The number of amides is 2. The van der Waals surface area contributed by atoms with Gasteiger partial charge in [0.05, 0.1) is 5.56 Å². The Morgan fingerprint density at radius 3 is 2.28 bits per heavy atom. The topological polar surface area (TPSA) is 83.4 Å². The average molecular weight is 428 g/mol. The molecule has 0 aliphatic rings. The number of para-hydroxylation sites is 1. The molecule has 0 saturated heterocycles. The summed E-state index contributed by atoms with van der Waals surface area (Å²) in [4.78, 5) is 24.4. The summed E-state index contributed by atoms with van der Waals surface area (Å²) in [5.74, 6) is -0.628. The lowest BCUT2D eigenvalue weighted by molar-refractivity contribution is 0.0706. The zero-order chi connectivity index (χ0) is 22.3. The van der Waals surface area contributed by atoms with Crippen LogP contribution in [0.1, 0.15) is 38.3 Å². The number of carbonyl (C=O) groups is 2. The second kappa shape index (κ2) is 9.94. The number of aryl methyl sites for hydroxylation is 1. The van der Waals surface area contributed by atoms with Gasteiger partial charge in [0.25, 0.3) is 11.8 Å². The van der Waals surface area contributed by atoms with Crippen molar-refractivity contribution in [3.63, 3.8) is 0 Å². The number of carbonyl (C=O) groups excluding carboxylic acids is 2. The summed E-state index contributed by atoms with van der Waals surface area (Å²) in [6.07, 6.45) is 3.68. The molecule has 0 spiro atoms. The van der Waals surface area contributed by atoms with Crippen molar-refractivity contribution in [3.05, 3.63) is 107 Å². The third-order valence-electron chi connectivity index (χ3n) is 5.47. The van der Waals surface area contributed by atoms with Crippen LogP contribution in [0.2, 0.25) is 0 Å². The highest BCUT2D eigenvalue weighted by Crippen LogP contribution is 2.22. The zero-order valence-corrected chi connectivity index (χ0v) is 17.6. The summed E-state index contributed by atoms with van der Waals surface area (Å²) in [5.41, 5.74) is 5.88. The van der Waals surface area contributed by atoms with Crippen LogP contribution in [0.25, 0.3) is 10.9 Å². The summed E-state index contributed by atoms with van der Waals surface area (Å²) in [6, 6.07) is 25.1. The molecule has 0 saturated carbocycles. The first-order chi connectivity index (χ1) is 15.7. The Morgan fingerprint density at radius 1 is 0.812 bits per heavy atom. The molecule has 1 aromatic heterocycles. The maximum absolute atomic E-state index is 12.9. The Kier molecular flexibility index (Phi) is 6.63. The Labute approximate surface area is 186 Å². The van der Waals surface area contributed by atoms with Crippen LogP contribution in [0.15, 0.2) is 85.1 Å². The molecule has 2 amide bonds. The van der Waals surface area contributed by atoms with E-state index in [0.29, 0.717) is 24.2 Å². The van der Waals surface area contributed by atoms with Crippen LogP contribution in [-0.4, -0.2) is 28.1 Å². The maximum Gasteiger partial charge on any atom is 0.274 e. The van der Waals surface area contributed by atoms with Crippen LogP contribution < -0.4 is 10.8 Å². The summed E-state index contributed by atoms with van der Waals surface area (Å²) < 4.78 is 2.04. The molecule has 4 rings (SSSR count). The Balaban J connectivity index is 1.46. The second-order valence-corrected chi connectivity index (χ2v) is 7.67. The average Bonchev–Trinajstić information content (AvgIpc) is 3.21. The third kappa shape index (κ3) is 4.87. The van der Waals surface area contributed by atoms with Crippen molar-refractivity contribution in [2.75, 3.05) is 6.54 Å². The molecule has 32 heavy (non-hydrogen) atoms. The second-order valence-electron chi connectivity index (χ2n) is 7.67. The van der Waals surface area contributed by atoms with E-state index in [2.05, 4.69) is 17.4 Å². The van der Waals surface area contributed by atoms with E-state index in [4.69, 9.17) is 5.21 Å². The van der Waals surface area contributed by atoms with Crippen molar-refractivity contribution in [3.8, 4) is 0 Å². The third-order valence-corrected chi connectivity index (χ3v) is 5.47. The first-order valence-electron chi connectivity index (χ1n) is 10.6. The monoisotopic (exact) mass is 427 g/mol. The molecule has 1 heterocycles. The molecular weight excluding hydrogens is 402 g/mol. The van der Waals surface area contributed by atoms with E-state index < -0.39 is 5.91 Å². The summed E-state index contributed by atoms with van der Waals surface area (Å²) in [6.45, 7) is 1.17. The van der Waals surface area contributed by atoms with E-state index in [9.17, 15) is 9.59 Å². The lowest BCUT2D eigenvalue weighted by Crippen LogP contribution is -2.24. The van der Waals surface area contributed by atoms with Gasteiger partial charge in [0, 0.05) is 35.8 Å². The number of nitrogens with zero attached hydrogens (tertiary/aromatic N) is 1. The predicted octanol–water partition coefficient (Wildman–Crippen LogP) is 4.17. The lowest BCUT2D eigenvalue weighted by atomic mass is 10.1. The maximum atomic E-state index is 12.9. The molecular formula is C26H25N3O3. The van der Waals surface area contributed by atoms with E-state index in [1.165, 1.54) is 5.56 Å².